The van der Waals surface area contributed by atoms with Gasteiger partial charge in [-0.1, -0.05) is 13.8 Å². The fourth-order valence-electron chi connectivity index (χ4n) is 2.30. The smallest absolute Gasteiger partial charge is 0.317 e. The van der Waals surface area contributed by atoms with Crippen molar-refractivity contribution in [2.24, 2.45) is 5.92 Å². The van der Waals surface area contributed by atoms with Crippen molar-refractivity contribution in [3.63, 3.8) is 0 Å². The summed E-state index contributed by atoms with van der Waals surface area (Å²) in [5, 5.41) is 11.9. The van der Waals surface area contributed by atoms with E-state index in [0.29, 0.717) is 6.54 Å². The Morgan fingerprint density at radius 2 is 1.95 bits per heavy atom. The zero-order valence-corrected chi connectivity index (χ0v) is 12.5. The third-order valence-corrected chi connectivity index (χ3v) is 3.78. The van der Waals surface area contributed by atoms with E-state index >= 15 is 0 Å². The summed E-state index contributed by atoms with van der Waals surface area (Å²) in [6, 6.07) is -0.653. The van der Waals surface area contributed by atoms with Crippen LogP contribution in [0.3, 0.4) is 0 Å². The van der Waals surface area contributed by atoms with Gasteiger partial charge in [0.15, 0.2) is 0 Å². The molecule has 1 aliphatic heterocycles. The van der Waals surface area contributed by atoms with Gasteiger partial charge in [-0.3, -0.25) is 4.79 Å². The molecule has 2 unspecified atom stereocenters. The van der Waals surface area contributed by atoms with Gasteiger partial charge in [-0.2, -0.15) is 0 Å². The molecule has 0 aromatic carbocycles. The molecule has 2 N–H and O–H groups in total. The highest BCUT2D eigenvalue weighted by atomic mass is 16.5. The molecule has 0 aromatic rings. The lowest BCUT2D eigenvalue weighted by molar-refractivity contribution is -0.142. The number of amides is 2. The summed E-state index contributed by atoms with van der Waals surface area (Å²) in [7, 11) is 1.61. The van der Waals surface area contributed by atoms with Crippen molar-refractivity contribution in [3.8, 4) is 0 Å². The van der Waals surface area contributed by atoms with E-state index in [4.69, 9.17) is 9.84 Å². The van der Waals surface area contributed by atoms with E-state index in [1.807, 2.05) is 0 Å². The molecule has 7 heteroatoms. The Labute approximate surface area is 119 Å². The lowest BCUT2D eigenvalue weighted by Crippen LogP contribution is -2.49. The van der Waals surface area contributed by atoms with Gasteiger partial charge in [0.25, 0.3) is 0 Å². The number of hydrogen-bond acceptors (Lipinski definition) is 4. The molecule has 7 nitrogen and oxygen atoms in total. The summed E-state index contributed by atoms with van der Waals surface area (Å²) in [6.45, 7) is 7.81. The molecule has 116 valence electrons. The summed E-state index contributed by atoms with van der Waals surface area (Å²) in [6.07, 6.45) is 0. The van der Waals surface area contributed by atoms with E-state index in [-0.39, 0.29) is 19.2 Å². The van der Waals surface area contributed by atoms with Gasteiger partial charge in [0.05, 0.1) is 19.3 Å². The molecule has 0 aromatic heterocycles. The largest absolute Gasteiger partial charge is 0.481 e. The number of carbonyl (C=O) groups is 2. The van der Waals surface area contributed by atoms with Crippen LogP contribution >= 0.6 is 0 Å². The second-order valence-corrected chi connectivity index (χ2v) is 4.92. The van der Waals surface area contributed by atoms with Crippen LogP contribution in [0.4, 0.5) is 4.79 Å². The average molecular weight is 287 g/mol. The van der Waals surface area contributed by atoms with Crippen molar-refractivity contribution in [2.75, 3.05) is 46.4 Å². The molecule has 2 atom stereocenters. The van der Waals surface area contributed by atoms with Gasteiger partial charge >= 0.3 is 12.0 Å². The molecule has 1 rings (SSSR count). The lowest BCUT2D eigenvalue weighted by Gasteiger charge is -2.27. The Balaban J connectivity index is 2.40. The van der Waals surface area contributed by atoms with Gasteiger partial charge in [-0.05, 0) is 13.1 Å². The SMILES string of the molecule is CCN(CC)CCNC(=O)N(C)C1COCC1C(=O)O. The third-order valence-electron chi connectivity index (χ3n) is 3.78. The first-order valence-electron chi connectivity index (χ1n) is 7.04. The zero-order chi connectivity index (χ0) is 15.1. The Kier molecular flexibility index (Phi) is 6.74. The van der Waals surface area contributed by atoms with Gasteiger partial charge in [0.2, 0.25) is 0 Å². The number of nitrogens with one attached hydrogen (secondary N) is 1. The minimum absolute atomic E-state index is 0.164. The van der Waals surface area contributed by atoms with Crippen molar-refractivity contribution in [2.45, 2.75) is 19.9 Å². The predicted octanol–water partition coefficient (Wildman–Crippen LogP) is 0.0692. The van der Waals surface area contributed by atoms with Crippen molar-refractivity contribution in [3.05, 3.63) is 0 Å². The molecule has 0 radical (unpaired) electrons. The monoisotopic (exact) mass is 287 g/mol. The molecule has 0 aliphatic carbocycles. The fraction of sp³-hybridized carbons (Fsp3) is 0.846. The molecular formula is C13H25N3O4. The van der Waals surface area contributed by atoms with E-state index in [0.717, 1.165) is 19.6 Å². The number of urea groups is 1. The van der Waals surface area contributed by atoms with Crippen LogP contribution in [0.1, 0.15) is 13.8 Å². The predicted molar refractivity (Wildman–Crippen MR) is 74.7 cm³/mol. The van der Waals surface area contributed by atoms with E-state index in [2.05, 4.69) is 24.1 Å². The first-order valence-corrected chi connectivity index (χ1v) is 7.04. The Morgan fingerprint density at radius 3 is 2.50 bits per heavy atom. The first-order chi connectivity index (χ1) is 9.51. The minimum atomic E-state index is -0.921. The second kappa shape index (κ2) is 8.06. The van der Waals surface area contributed by atoms with E-state index in [9.17, 15) is 9.59 Å². The van der Waals surface area contributed by atoms with Crippen LogP contribution in [0.25, 0.3) is 0 Å². The van der Waals surface area contributed by atoms with Gasteiger partial charge in [-0.25, -0.2) is 4.79 Å². The van der Waals surface area contributed by atoms with Gasteiger partial charge in [-0.15, -0.1) is 0 Å². The highest BCUT2D eigenvalue weighted by molar-refractivity contribution is 5.77. The lowest BCUT2D eigenvalue weighted by atomic mass is 10.0. The highest BCUT2D eigenvalue weighted by Gasteiger charge is 2.38. The van der Waals surface area contributed by atoms with Crippen LogP contribution < -0.4 is 5.32 Å². The summed E-state index contributed by atoms with van der Waals surface area (Å²) in [4.78, 5) is 26.7. The topological polar surface area (TPSA) is 82.1 Å². The number of carboxylic acid groups (broad SMARTS) is 1. The molecule has 0 bridgehead atoms. The summed E-state index contributed by atoms with van der Waals surface area (Å²) in [5.41, 5.74) is 0. The van der Waals surface area contributed by atoms with Crippen LogP contribution in [-0.2, 0) is 9.53 Å². The third kappa shape index (κ3) is 4.35. The zero-order valence-electron chi connectivity index (χ0n) is 12.5. The van der Waals surface area contributed by atoms with Crippen LogP contribution in [0.15, 0.2) is 0 Å². The summed E-state index contributed by atoms with van der Waals surface area (Å²) < 4.78 is 5.17. The molecular weight excluding hydrogens is 262 g/mol. The maximum atomic E-state index is 12.0. The van der Waals surface area contributed by atoms with E-state index in [1.165, 1.54) is 4.90 Å². The summed E-state index contributed by atoms with van der Waals surface area (Å²) >= 11 is 0. The fourth-order valence-corrected chi connectivity index (χ4v) is 2.30. The molecule has 2 amide bonds. The van der Waals surface area contributed by atoms with Crippen LogP contribution in [0.5, 0.6) is 0 Å². The Morgan fingerprint density at radius 1 is 1.30 bits per heavy atom. The van der Waals surface area contributed by atoms with Crippen molar-refractivity contribution >= 4 is 12.0 Å². The van der Waals surface area contributed by atoms with E-state index in [1.54, 1.807) is 7.05 Å². The number of aliphatic carboxylic acids is 1. The quantitative estimate of drug-likeness (QED) is 0.692. The first kappa shape index (κ1) is 16.7. The van der Waals surface area contributed by atoms with Gasteiger partial charge in [0, 0.05) is 20.1 Å². The number of hydrogen-bond donors (Lipinski definition) is 2. The minimum Gasteiger partial charge on any atom is -0.481 e. The van der Waals surface area contributed by atoms with Crippen LogP contribution in [0, 0.1) is 5.92 Å². The Bertz CT molecular complexity index is 334. The molecule has 1 fully saturated rings. The number of ether oxygens (including phenoxy) is 1. The molecule has 20 heavy (non-hydrogen) atoms. The number of likely N-dealkylation sites (N-methyl/N-ethyl adjacent to an activating group) is 2. The molecule has 0 spiro atoms. The summed E-state index contributed by atoms with van der Waals surface area (Å²) in [5.74, 6) is -1.57. The molecule has 0 saturated carbocycles. The van der Waals surface area contributed by atoms with Crippen LogP contribution in [0.2, 0.25) is 0 Å². The van der Waals surface area contributed by atoms with Crippen LogP contribution in [-0.4, -0.2) is 79.4 Å². The van der Waals surface area contributed by atoms with Gasteiger partial charge < -0.3 is 25.0 Å². The molecule has 1 saturated heterocycles. The number of carboxylic acids is 1. The van der Waals surface area contributed by atoms with Crippen molar-refractivity contribution in [1.82, 2.24) is 15.1 Å². The van der Waals surface area contributed by atoms with E-state index < -0.39 is 17.9 Å². The van der Waals surface area contributed by atoms with Gasteiger partial charge in [0.1, 0.15) is 5.92 Å². The number of carbonyl (C=O) groups excluding carboxylic acids is 1. The molecule has 1 aliphatic rings. The number of rotatable bonds is 7. The van der Waals surface area contributed by atoms with Crippen molar-refractivity contribution < 1.29 is 19.4 Å². The normalized spacial score (nSPS) is 22.0. The van der Waals surface area contributed by atoms with Crippen molar-refractivity contribution in [1.29, 1.82) is 0 Å². The maximum Gasteiger partial charge on any atom is 0.317 e. The molecule has 1 heterocycles. The second-order valence-electron chi connectivity index (χ2n) is 4.92. The Hall–Kier alpha value is -1.34. The number of nitrogens with zero attached hydrogens (tertiary/aromatic N) is 2. The average Bonchev–Trinajstić information content (AvgIpc) is 2.92. The highest BCUT2D eigenvalue weighted by Crippen LogP contribution is 2.18. The standard InChI is InChI=1S/C13H25N3O4/c1-4-16(5-2)7-6-14-13(19)15(3)11-9-20-8-10(11)12(17)18/h10-11H,4-9H2,1-3H3,(H,14,19)(H,17,18). The maximum absolute atomic E-state index is 12.0.